The first-order chi connectivity index (χ1) is 13.7. The van der Waals surface area contributed by atoms with Crippen LogP contribution in [0.5, 0.6) is 0 Å². The molecule has 0 radical (unpaired) electrons. The average Bonchev–Trinajstić information content (AvgIpc) is 3.25. The van der Waals surface area contributed by atoms with Crippen LogP contribution >= 0.6 is 11.6 Å². The summed E-state index contributed by atoms with van der Waals surface area (Å²) in [5.74, 6) is -2.97. The first-order valence-corrected chi connectivity index (χ1v) is 10.2. The number of halogens is 1. The van der Waals surface area contributed by atoms with E-state index in [1.54, 1.807) is 23.5 Å². The number of likely N-dealkylation sites (tertiary alicyclic amines) is 1. The van der Waals surface area contributed by atoms with Gasteiger partial charge in [-0.05, 0) is 31.5 Å². The van der Waals surface area contributed by atoms with Gasteiger partial charge in [-0.15, -0.1) is 0 Å². The van der Waals surface area contributed by atoms with Gasteiger partial charge < -0.3 is 16.4 Å². The van der Waals surface area contributed by atoms with Gasteiger partial charge in [0.1, 0.15) is 17.9 Å². The molecule has 1 aromatic carbocycles. The number of benzene rings is 1. The van der Waals surface area contributed by atoms with E-state index in [1.807, 2.05) is 13.8 Å². The zero-order chi connectivity index (χ0) is 21.1. The molecule has 9 heteroatoms. The van der Waals surface area contributed by atoms with Crippen molar-refractivity contribution in [3.8, 4) is 0 Å². The third-order valence-electron chi connectivity index (χ3n) is 6.62. The summed E-state index contributed by atoms with van der Waals surface area (Å²) in [7, 11) is 0. The summed E-state index contributed by atoms with van der Waals surface area (Å²) in [6.07, 6.45) is 1.01. The Morgan fingerprint density at radius 3 is 2.72 bits per heavy atom. The molecule has 5 atom stereocenters. The molecule has 154 valence electrons. The van der Waals surface area contributed by atoms with Crippen LogP contribution in [0.25, 0.3) is 0 Å². The summed E-state index contributed by atoms with van der Waals surface area (Å²) in [6, 6.07) is 4.38. The number of hydrogen-bond acceptors (Lipinski definition) is 4. The normalized spacial score (nSPS) is 31.2. The first kappa shape index (κ1) is 19.8. The Hall–Kier alpha value is -2.45. The predicted molar refractivity (Wildman–Crippen MR) is 104 cm³/mol. The number of anilines is 1. The summed E-state index contributed by atoms with van der Waals surface area (Å²) in [4.78, 5) is 52.7. The van der Waals surface area contributed by atoms with E-state index in [4.69, 9.17) is 17.3 Å². The summed E-state index contributed by atoms with van der Waals surface area (Å²) in [5.41, 5.74) is 5.25. The topological polar surface area (TPSA) is 126 Å². The van der Waals surface area contributed by atoms with Crippen molar-refractivity contribution >= 4 is 40.9 Å². The molecule has 2 fully saturated rings. The Bertz CT molecular complexity index is 935. The molecule has 4 amide bonds. The van der Waals surface area contributed by atoms with E-state index in [2.05, 4.69) is 5.32 Å². The van der Waals surface area contributed by atoms with Crippen molar-refractivity contribution in [2.24, 2.45) is 17.6 Å². The molecule has 0 aliphatic carbocycles. The number of rotatable bonds is 5. The van der Waals surface area contributed by atoms with E-state index in [9.17, 15) is 19.2 Å². The van der Waals surface area contributed by atoms with Gasteiger partial charge in [-0.1, -0.05) is 18.5 Å². The highest BCUT2D eigenvalue weighted by Crippen LogP contribution is 2.50. The molecule has 3 aliphatic heterocycles. The molecule has 1 spiro atoms. The highest BCUT2D eigenvalue weighted by atomic mass is 35.5. The van der Waals surface area contributed by atoms with Crippen LogP contribution in [0.2, 0.25) is 5.02 Å². The van der Waals surface area contributed by atoms with Crippen molar-refractivity contribution in [2.75, 3.05) is 5.32 Å². The Morgan fingerprint density at radius 2 is 2.07 bits per heavy atom. The monoisotopic (exact) mass is 419 g/mol. The molecule has 29 heavy (non-hydrogen) atoms. The molecule has 4 rings (SSSR count). The smallest absolute Gasteiger partial charge is 0.291 e. The number of amides is 4. The average molecular weight is 420 g/mol. The second kappa shape index (κ2) is 6.81. The quantitative estimate of drug-likeness (QED) is 0.585. The molecule has 5 N–H and O–H groups in total. The Balaban J connectivity index is 1.85. The van der Waals surface area contributed by atoms with Crippen molar-refractivity contribution in [1.29, 1.82) is 0 Å². The Labute approximate surface area is 173 Å². The standard InChI is InChI=1S/C20H23ClN4O4/c1-3-9(2)25-17(27)15-13(6-7-14(22)26)24-20(16(15)18(25)28)11-8-10(21)4-5-12(11)23-19(20)29/h4-5,8-9,13,15-16,24H,3,6-7H2,1-2H3,(H2,22,26)(H,23,29)/p+1/t9-,13+,15-,16+,20-/m1/s1. The number of nitrogens with zero attached hydrogens (tertiary/aromatic N) is 1. The maximum absolute atomic E-state index is 13.5. The van der Waals surface area contributed by atoms with Crippen LogP contribution in [0.1, 0.15) is 38.7 Å². The lowest BCUT2D eigenvalue weighted by atomic mass is 9.76. The third kappa shape index (κ3) is 2.69. The number of imide groups is 1. The van der Waals surface area contributed by atoms with Crippen LogP contribution in [0.3, 0.4) is 0 Å². The SMILES string of the molecule is CC[C@@H](C)N1C(=O)[C@@H]2[C@H](CCC(N)=O)[NH2+][C@@]3(C(=O)Nc4ccc(Cl)cc43)[C@@H]2C1=O. The minimum atomic E-state index is -1.28. The van der Waals surface area contributed by atoms with E-state index >= 15 is 0 Å². The molecule has 0 saturated carbocycles. The number of quaternary nitrogens is 1. The summed E-state index contributed by atoms with van der Waals surface area (Å²) >= 11 is 6.20. The zero-order valence-corrected chi connectivity index (χ0v) is 17.0. The van der Waals surface area contributed by atoms with Gasteiger partial charge in [0, 0.05) is 29.5 Å². The highest BCUT2D eigenvalue weighted by molar-refractivity contribution is 6.31. The predicted octanol–water partition coefficient (Wildman–Crippen LogP) is 0.0982. The third-order valence-corrected chi connectivity index (χ3v) is 6.86. The van der Waals surface area contributed by atoms with E-state index in [0.717, 1.165) is 0 Å². The van der Waals surface area contributed by atoms with Gasteiger partial charge in [-0.2, -0.15) is 0 Å². The van der Waals surface area contributed by atoms with Crippen LogP contribution in [-0.4, -0.2) is 40.6 Å². The lowest BCUT2D eigenvalue weighted by molar-refractivity contribution is -0.734. The van der Waals surface area contributed by atoms with Crippen molar-refractivity contribution < 1.29 is 24.5 Å². The lowest BCUT2D eigenvalue weighted by Crippen LogP contribution is -2.99. The second-order valence-corrected chi connectivity index (χ2v) is 8.59. The fraction of sp³-hybridized carbons (Fsp3) is 0.500. The summed E-state index contributed by atoms with van der Waals surface area (Å²) < 4.78 is 0. The molecule has 0 unspecified atom stereocenters. The van der Waals surface area contributed by atoms with Crippen molar-refractivity contribution in [2.45, 2.75) is 50.7 Å². The lowest BCUT2D eigenvalue weighted by Gasteiger charge is -2.28. The fourth-order valence-corrected chi connectivity index (χ4v) is 5.32. The Morgan fingerprint density at radius 1 is 1.34 bits per heavy atom. The van der Waals surface area contributed by atoms with Gasteiger partial charge in [0.2, 0.25) is 23.3 Å². The Kier molecular flexibility index (Phi) is 4.66. The molecule has 3 aliphatic rings. The van der Waals surface area contributed by atoms with Gasteiger partial charge >= 0.3 is 0 Å². The van der Waals surface area contributed by atoms with Crippen LogP contribution < -0.4 is 16.4 Å². The number of nitrogens with two attached hydrogens (primary N) is 2. The molecular formula is C20H24ClN4O4+. The van der Waals surface area contributed by atoms with Crippen LogP contribution in [0.15, 0.2) is 18.2 Å². The highest BCUT2D eigenvalue weighted by Gasteiger charge is 2.74. The summed E-state index contributed by atoms with van der Waals surface area (Å²) in [6.45, 7) is 3.73. The van der Waals surface area contributed by atoms with Gasteiger partial charge in [-0.3, -0.25) is 24.1 Å². The number of carbonyl (C=O) groups excluding carboxylic acids is 4. The van der Waals surface area contributed by atoms with E-state index in [0.29, 0.717) is 29.1 Å². The van der Waals surface area contributed by atoms with E-state index < -0.39 is 29.3 Å². The minimum Gasteiger partial charge on any atom is -0.370 e. The number of hydrogen-bond donors (Lipinski definition) is 3. The number of fused-ring (bicyclic) bond motifs is 4. The number of primary amides is 1. The largest absolute Gasteiger partial charge is 0.370 e. The number of nitrogens with one attached hydrogen (secondary N) is 1. The van der Waals surface area contributed by atoms with Crippen LogP contribution in [0.4, 0.5) is 5.69 Å². The van der Waals surface area contributed by atoms with E-state index in [-0.39, 0.29) is 30.2 Å². The van der Waals surface area contributed by atoms with Crippen molar-refractivity contribution in [3.05, 3.63) is 28.8 Å². The van der Waals surface area contributed by atoms with Gasteiger partial charge in [0.05, 0.1) is 5.69 Å². The zero-order valence-electron chi connectivity index (χ0n) is 16.3. The maximum Gasteiger partial charge on any atom is 0.291 e. The number of carbonyl (C=O) groups is 4. The van der Waals surface area contributed by atoms with Crippen molar-refractivity contribution in [1.82, 2.24) is 4.90 Å². The molecule has 0 aromatic heterocycles. The molecule has 2 saturated heterocycles. The molecule has 0 bridgehead atoms. The van der Waals surface area contributed by atoms with E-state index in [1.165, 1.54) is 4.90 Å². The van der Waals surface area contributed by atoms with Crippen LogP contribution in [-0.2, 0) is 24.7 Å². The van der Waals surface area contributed by atoms with Gasteiger partial charge in [-0.25, -0.2) is 0 Å². The molecule has 1 aromatic rings. The van der Waals surface area contributed by atoms with Crippen LogP contribution in [0, 0.1) is 11.8 Å². The van der Waals surface area contributed by atoms with Gasteiger partial charge in [0.15, 0.2) is 0 Å². The molecular weight excluding hydrogens is 396 g/mol. The minimum absolute atomic E-state index is 0.0787. The molecule has 8 nitrogen and oxygen atoms in total. The van der Waals surface area contributed by atoms with Crippen molar-refractivity contribution in [3.63, 3.8) is 0 Å². The second-order valence-electron chi connectivity index (χ2n) is 8.16. The molecule has 3 heterocycles. The fourth-order valence-electron chi connectivity index (χ4n) is 5.15. The summed E-state index contributed by atoms with van der Waals surface area (Å²) in [5, 5.41) is 5.08. The maximum atomic E-state index is 13.5. The van der Waals surface area contributed by atoms with Gasteiger partial charge in [0.25, 0.3) is 5.91 Å². The first-order valence-electron chi connectivity index (χ1n) is 9.85.